The van der Waals surface area contributed by atoms with Gasteiger partial charge in [-0.25, -0.2) is 4.79 Å². The van der Waals surface area contributed by atoms with Crippen LogP contribution in [0.3, 0.4) is 0 Å². The third-order valence-electron chi connectivity index (χ3n) is 3.88. The van der Waals surface area contributed by atoms with Gasteiger partial charge in [0.1, 0.15) is 11.0 Å². The van der Waals surface area contributed by atoms with Crippen LogP contribution in [-0.2, 0) is 9.53 Å². The van der Waals surface area contributed by atoms with E-state index in [1.807, 2.05) is 41.2 Å². The number of nitrogens with one attached hydrogen (secondary N) is 1. The second-order valence-electron chi connectivity index (χ2n) is 5.70. The van der Waals surface area contributed by atoms with E-state index in [0.29, 0.717) is 22.3 Å². The number of rotatable bonds is 5. The smallest absolute Gasteiger partial charge is 0.338 e. The third kappa shape index (κ3) is 3.70. The Bertz CT molecular complexity index is 1110. The van der Waals surface area contributed by atoms with Crippen molar-refractivity contribution >= 4 is 40.3 Å². The molecule has 0 fully saturated rings. The maximum Gasteiger partial charge on any atom is 0.338 e. The van der Waals surface area contributed by atoms with E-state index < -0.39 is 11.9 Å². The Morgan fingerprint density at radius 3 is 2.70 bits per heavy atom. The van der Waals surface area contributed by atoms with Crippen molar-refractivity contribution in [3.05, 3.63) is 72.6 Å². The number of benzene rings is 2. The average Bonchev–Trinajstić information content (AvgIpc) is 3.38. The topological polar surface area (TPSA) is 86.1 Å². The number of anilines is 1. The second kappa shape index (κ2) is 7.38. The summed E-state index contributed by atoms with van der Waals surface area (Å²) in [7, 11) is 0. The zero-order chi connectivity index (χ0) is 18.6. The molecule has 0 bridgehead atoms. The summed E-state index contributed by atoms with van der Waals surface area (Å²) in [5.41, 5.74) is 3.07. The van der Waals surface area contributed by atoms with Crippen molar-refractivity contribution in [1.82, 2.24) is 13.3 Å². The fourth-order valence-corrected chi connectivity index (χ4v) is 3.16. The molecule has 0 saturated carbocycles. The number of hydrogen-bond donors (Lipinski definition) is 1. The molecule has 1 amide bonds. The van der Waals surface area contributed by atoms with E-state index in [0.717, 1.165) is 17.4 Å². The Kier molecular flexibility index (Phi) is 4.63. The molecule has 0 aliphatic rings. The molecule has 7 nitrogen and oxygen atoms in total. The molecular formula is C19H14N4O3S. The van der Waals surface area contributed by atoms with Gasteiger partial charge in [-0.2, -0.15) is 8.75 Å². The van der Waals surface area contributed by atoms with Crippen LogP contribution in [0.5, 0.6) is 0 Å². The molecule has 0 aliphatic heterocycles. The quantitative estimate of drug-likeness (QED) is 0.539. The van der Waals surface area contributed by atoms with Gasteiger partial charge < -0.3 is 14.6 Å². The lowest BCUT2D eigenvalue weighted by atomic mass is 10.2. The Hall–Kier alpha value is -3.52. The lowest BCUT2D eigenvalue weighted by molar-refractivity contribution is -0.119. The fourth-order valence-electron chi connectivity index (χ4n) is 2.61. The first kappa shape index (κ1) is 16.9. The summed E-state index contributed by atoms with van der Waals surface area (Å²) >= 11 is 1.07. The van der Waals surface area contributed by atoms with Gasteiger partial charge in [-0.3, -0.25) is 4.79 Å². The zero-order valence-corrected chi connectivity index (χ0v) is 14.8. The molecule has 2 heterocycles. The normalized spacial score (nSPS) is 10.7. The number of aromatic nitrogens is 3. The van der Waals surface area contributed by atoms with Crippen LogP contribution < -0.4 is 5.32 Å². The maximum atomic E-state index is 12.3. The molecule has 134 valence electrons. The molecule has 2 aromatic carbocycles. The van der Waals surface area contributed by atoms with Crippen molar-refractivity contribution < 1.29 is 14.3 Å². The summed E-state index contributed by atoms with van der Waals surface area (Å²) in [5.74, 6) is -1.00. The van der Waals surface area contributed by atoms with E-state index in [1.165, 1.54) is 0 Å². The molecule has 2 aromatic heterocycles. The molecular weight excluding hydrogens is 364 g/mol. The molecule has 0 spiro atoms. The predicted molar refractivity (Wildman–Crippen MR) is 102 cm³/mol. The lowest BCUT2D eigenvalue weighted by Gasteiger charge is -2.08. The summed E-state index contributed by atoms with van der Waals surface area (Å²) in [4.78, 5) is 24.4. The molecule has 1 N–H and O–H groups in total. The van der Waals surface area contributed by atoms with E-state index in [-0.39, 0.29) is 6.61 Å². The number of hydrogen-bond acceptors (Lipinski definition) is 6. The van der Waals surface area contributed by atoms with Crippen LogP contribution in [0.4, 0.5) is 5.69 Å². The third-order valence-corrected chi connectivity index (χ3v) is 4.42. The Morgan fingerprint density at radius 2 is 1.85 bits per heavy atom. The number of esters is 1. The van der Waals surface area contributed by atoms with Crippen molar-refractivity contribution in [3.63, 3.8) is 0 Å². The zero-order valence-electron chi connectivity index (χ0n) is 14.0. The highest BCUT2D eigenvalue weighted by Crippen LogP contribution is 2.21. The average molecular weight is 378 g/mol. The van der Waals surface area contributed by atoms with Crippen molar-refractivity contribution in [2.24, 2.45) is 0 Å². The van der Waals surface area contributed by atoms with Crippen molar-refractivity contribution in [1.29, 1.82) is 0 Å². The minimum Gasteiger partial charge on any atom is -0.452 e. The molecule has 0 radical (unpaired) electrons. The summed E-state index contributed by atoms with van der Waals surface area (Å²) in [5, 5.41) is 2.70. The summed E-state index contributed by atoms with van der Waals surface area (Å²) < 4.78 is 15.3. The van der Waals surface area contributed by atoms with E-state index in [9.17, 15) is 9.59 Å². The number of carbonyl (C=O) groups is 2. The fraction of sp³-hybridized carbons (Fsp3) is 0.0526. The largest absolute Gasteiger partial charge is 0.452 e. The van der Waals surface area contributed by atoms with Crippen LogP contribution >= 0.6 is 11.7 Å². The first-order valence-electron chi connectivity index (χ1n) is 8.12. The van der Waals surface area contributed by atoms with Crippen LogP contribution in [0.2, 0.25) is 0 Å². The molecule has 0 unspecified atom stereocenters. The van der Waals surface area contributed by atoms with Gasteiger partial charge in [0.15, 0.2) is 6.61 Å². The Labute approximate surface area is 158 Å². The highest BCUT2D eigenvalue weighted by molar-refractivity contribution is 7.00. The number of nitrogens with zero attached hydrogens (tertiary/aromatic N) is 3. The van der Waals surface area contributed by atoms with Crippen LogP contribution in [0.15, 0.2) is 67.0 Å². The van der Waals surface area contributed by atoms with E-state index in [2.05, 4.69) is 14.1 Å². The highest BCUT2D eigenvalue weighted by atomic mass is 32.1. The predicted octanol–water partition coefficient (Wildman–Crippen LogP) is 3.28. The first-order chi connectivity index (χ1) is 13.2. The van der Waals surface area contributed by atoms with Gasteiger partial charge in [-0.1, -0.05) is 12.1 Å². The Balaban J connectivity index is 1.40. The molecule has 8 heteroatoms. The summed E-state index contributed by atoms with van der Waals surface area (Å²) in [6.07, 6.45) is 3.76. The molecule has 4 aromatic rings. The van der Waals surface area contributed by atoms with Crippen molar-refractivity contribution in [3.8, 4) is 5.69 Å². The minimum absolute atomic E-state index is 0.375. The van der Waals surface area contributed by atoms with Crippen LogP contribution in [0.1, 0.15) is 10.4 Å². The number of ether oxygens (including phenoxy) is 1. The van der Waals surface area contributed by atoms with Crippen LogP contribution in [0.25, 0.3) is 16.7 Å². The second-order valence-corrected chi connectivity index (χ2v) is 6.23. The molecule has 0 aliphatic carbocycles. The molecule has 0 atom stereocenters. The van der Waals surface area contributed by atoms with Gasteiger partial charge in [0.25, 0.3) is 5.91 Å². The highest BCUT2D eigenvalue weighted by Gasteiger charge is 2.13. The van der Waals surface area contributed by atoms with Gasteiger partial charge in [0, 0.05) is 18.1 Å². The van der Waals surface area contributed by atoms with Crippen LogP contribution in [0, 0.1) is 0 Å². The summed E-state index contributed by atoms with van der Waals surface area (Å²) in [6, 6.07) is 16.1. The van der Waals surface area contributed by atoms with Crippen molar-refractivity contribution in [2.45, 2.75) is 0 Å². The standard InChI is InChI=1S/C19H14N4O3S/c24-17(20-15-7-4-8-16-18(15)22-27-21-16)12-26-19(25)13-5-3-6-14(11-13)23-9-1-2-10-23/h1-11H,12H2,(H,20,24). The first-order valence-corrected chi connectivity index (χ1v) is 8.85. The number of fused-ring (bicyclic) bond motifs is 1. The maximum absolute atomic E-state index is 12.3. The van der Waals surface area contributed by atoms with Gasteiger partial charge in [-0.15, -0.1) is 0 Å². The number of amides is 1. The summed E-state index contributed by atoms with van der Waals surface area (Å²) in [6.45, 7) is -0.388. The van der Waals surface area contributed by atoms with Crippen LogP contribution in [-0.4, -0.2) is 31.8 Å². The SMILES string of the molecule is O=C(COC(=O)c1cccc(-n2cccc2)c1)Nc1cccc2nsnc12. The van der Waals surface area contributed by atoms with E-state index in [4.69, 9.17) is 4.74 Å². The molecule has 4 rings (SSSR count). The number of carbonyl (C=O) groups excluding carboxylic acids is 2. The van der Waals surface area contributed by atoms with Gasteiger partial charge in [0.2, 0.25) is 0 Å². The monoisotopic (exact) mass is 378 g/mol. The Morgan fingerprint density at radius 1 is 1.04 bits per heavy atom. The van der Waals surface area contributed by atoms with Crippen molar-refractivity contribution in [2.75, 3.05) is 11.9 Å². The molecule has 0 saturated heterocycles. The van der Waals surface area contributed by atoms with Gasteiger partial charge in [0.05, 0.1) is 23.0 Å². The minimum atomic E-state index is -0.562. The van der Waals surface area contributed by atoms with E-state index in [1.54, 1.807) is 30.3 Å². The lowest BCUT2D eigenvalue weighted by Crippen LogP contribution is -2.21. The van der Waals surface area contributed by atoms with Gasteiger partial charge >= 0.3 is 5.97 Å². The van der Waals surface area contributed by atoms with Gasteiger partial charge in [-0.05, 0) is 42.5 Å². The van der Waals surface area contributed by atoms with E-state index >= 15 is 0 Å². The molecule has 27 heavy (non-hydrogen) atoms.